The van der Waals surface area contributed by atoms with Gasteiger partial charge in [0.05, 0.1) is 28.1 Å². The van der Waals surface area contributed by atoms with Crippen molar-refractivity contribution in [2.75, 3.05) is 11.9 Å². The number of para-hydroxylation sites is 3. The van der Waals surface area contributed by atoms with Crippen molar-refractivity contribution in [2.45, 2.75) is 26.4 Å². The number of nitrogens with zero attached hydrogens (tertiary/aromatic N) is 1. The van der Waals surface area contributed by atoms with E-state index >= 15 is 0 Å². The van der Waals surface area contributed by atoms with Crippen LogP contribution in [0.5, 0.6) is 5.75 Å². The molecule has 1 N–H and O–H groups in total. The number of carbonyl (C=O) groups is 2. The van der Waals surface area contributed by atoms with E-state index in [4.69, 9.17) is 14.5 Å². The summed E-state index contributed by atoms with van der Waals surface area (Å²) in [6, 6.07) is 26.5. The summed E-state index contributed by atoms with van der Waals surface area (Å²) in [6.07, 6.45) is -0.642. The van der Waals surface area contributed by atoms with Crippen LogP contribution in [-0.2, 0) is 9.53 Å². The third-order valence-electron chi connectivity index (χ3n) is 6.01. The molecular formula is C30H26N2O4S. The highest BCUT2D eigenvalue weighted by molar-refractivity contribution is 7.21. The van der Waals surface area contributed by atoms with Gasteiger partial charge in [-0.15, -0.1) is 11.3 Å². The molecule has 0 radical (unpaired) electrons. The lowest BCUT2D eigenvalue weighted by atomic mass is 9.99. The fourth-order valence-corrected chi connectivity index (χ4v) is 5.25. The third-order valence-corrected chi connectivity index (χ3v) is 7.08. The Labute approximate surface area is 218 Å². The van der Waals surface area contributed by atoms with E-state index in [2.05, 4.69) is 5.32 Å². The van der Waals surface area contributed by atoms with Gasteiger partial charge in [-0.3, -0.25) is 4.79 Å². The van der Waals surface area contributed by atoms with Crippen LogP contribution in [-0.4, -0.2) is 29.6 Å². The van der Waals surface area contributed by atoms with Gasteiger partial charge in [0.25, 0.3) is 5.91 Å². The predicted molar refractivity (Wildman–Crippen MR) is 148 cm³/mol. The van der Waals surface area contributed by atoms with Crippen LogP contribution in [0, 0.1) is 0 Å². The Hall–Kier alpha value is -4.23. The van der Waals surface area contributed by atoms with Gasteiger partial charge in [-0.2, -0.15) is 0 Å². The van der Waals surface area contributed by atoms with Crippen molar-refractivity contribution in [1.82, 2.24) is 4.98 Å². The molecule has 6 nitrogen and oxygen atoms in total. The highest BCUT2D eigenvalue weighted by Gasteiger charge is 2.25. The normalized spacial score (nSPS) is 11.8. The first kappa shape index (κ1) is 24.5. The molecule has 0 aliphatic heterocycles. The van der Waals surface area contributed by atoms with E-state index in [1.165, 1.54) is 0 Å². The zero-order chi connectivity index (χ0) is 25.8. The quantitative estimate of drug-likeness (QED) is 0.226. The van der Waals surface area contributed by atoms with E-state index in [9.17, 15) is 9.59 Å². The molecule has 4 aromatic carbocycles. The van der Waals surface area contributed by atoms with Crippen LogP contribution in [0.1, 0.15) is 30.6 Å². The molecule has 5 rings (SSSR count). The molecule has 1 unspecified atom stereocenters. The molecule has 1 atom stereocenters. The van der Waals surface area contributed by atoms with Gasteiger partial charge in [0, 0.05) is 10.9 Å². The third kappa shape index (κ3) is 5.04. The van der Waals surface area contributed by atoms with Gasteiger partial charge >= 0.3 is 5.97 Å². The molecule has 1 heterocycles. The molecule has 0 fully saturated rings. The number of thiazole rings is 1. The summed E-state index contributed by atoms with van der Waals surface area (Å²) in [5.74, 6) is -0.400. The van der Waals surface area contributed by atoms with E-state index in [0.29, 0.717) is 30.0 Å². The van der Waals surface area contributed by atoms with Gasteiger partial charge in [0.1, 0.15) is 10.8 Å². The van der Waals surface area contributed by atoms with Gasteiger partial charge in [-0.05, 0) is 49.1 Å². The number of carbonyl (C=O) groups excluding carboxylic acids is 2. The largest absolute Gasteiger partial charge is 0.492 e. The van der Waals surface area contributed by atoms with Crippen molar-refractivity contribution in [3.63, 3.8) is 0 Å². The molecule has 0 aliphatic rings. The van der Waals surface area contributed by atoms with Crippen LogP contribution >= 0.6 is 11.3 Å². The molecule has 5 aromatic rings. The first-order valence-electron chi connectivity index (χ1n) is 12.2. The van der Waals surface area contributed by atoms with E-state index in [-0.39, 0.29) is 0 Å². The summed E-state index contributed by atoms with van der Waals surface area (Å²) in [6.45, 7) is 4.15. The molecule has 37 heavy (non-hydrogen) atoms. The summed E-state index contributed by atoms with van der Waals surface area (Å²) < 4.78 is 12.4. The van der Waals surface area contributed by atoms with E-state index in [1.807, 2.05) is 80.6 Å². The van der Waals surface area contributed by atoms with Crippen LogP contribution < -0.4 is 10.1 Å². The second-order valence-corrected chi connectivity index (χ2v) is 9.45. The lowest BCUT2D eigenvalue weighted by Crippen LogP contribution is -2.32. The standard InChI is InChI=1S/C30H26N2O4S/c1-3-24(28(33)31-22-15-5-7-17-25(22)35-4-2)36-30(34)21-14-10-12-19-11-9-13-20(27(19)21)29-32-23-16-6-8-18-26(23)37-29/h5-18,24H,3-4H2,1-2H3,(H,31,33). The van der Waals surface area contributed by atoms with Crippen LogP contribution in [0.4, 0.5) is 5.69 Å². The van der Waals surface area contributed by atoms with Crippen molar-refractivity contribution in [2.24, 2.45) is 0 Å². The Balaban J connectivity index is 1.45. The minimum absolute atomic E-state index is 0.323. The minimum atomic E-state index is -0.966. The van der Waals surface area contributed by atoms with Crippen LogP contribution in [0.15, 0.2) is 84.9 Å². The summed E-state index contributed by atoms with van der Waals surface area (Å²) in [7, 11) is 0. The summed E-state index contributed by atoms with van der Waals surface area (Å²) in [4.78, 5) is 31.3. The smallest absolute Gasteiger partial charge is 0.339 e. The maximum absolute atomic E-state index is 13.5. The summed E-state index contributed by atoms with van der Waals surface area (Å²) in [5.41, 5.74) is 2.70. The topological polar surface area (TPSA) is 77.5 Å². The Morgan fingerprint density at radius 1 is 0.919 bits per heavy atom. The molecule has 1 amide bonds. The number of ether oxygens (including phenoxy) is 2. The van der Waals surface area contributed by atoms with Crippen LogP contribution in [0.3, 0.4) is 0 Å². The molecule has 1 aromatic heterocycles. The molecule has 0 spiro atoms. The SMILES string of the molecule is CCOc1ccccc1NC(=O)C(CC)OC(=O)c1cccc2cccc(-c3nc4ccccc4s3)c12. The molecule has 7 heteroatoms. The Kier molecular flexibility index (Phi) is 7.14. The fourth-order valence-electron chi connectivity index (χ4n) is 4.26. The number of fused-ring (bicyclic) bond motifs is 2. The fraction of sp³-hybridized carbons (Fsp3) is 0.167. The molecule has 186 valence electrons. The molecule has 0 bridgehead atoms. The van der Waals surface area contributed by atoms with E-state index in [0.717, 1.165) is 31.6 Å². The van der Waals surface area contributed by atoms with E-state index in [1.54, 1.807) is 29.5 Å². The number of hydrogen-bond donors (Lipinski definition) is 1. The number of nitrogens with one attached hydrogen (secondary N) is 1. The van der Waals surface area contributed by atoms with Gasteiger partial charge in [-0.1, -0.05) is 61.5 Å². The van der Waals surface area contributed by atoms with Crippen molar-refractivity contribution in [3.8, 4) is 16.3 Å². The first-order valence-corrected chi connectivity index (χ1v) is 13.0. The predicted octanol–water partition coefficient (Wildman–Crippen LogP) is 7.09. The van der Waals surface area contributed by atoms with Crippen molar-refractivity contribution in [1.29, 1.82) is 0 Å². The lowest BCUT2D eigenvalue weighted by molar-refractivity contribution is -0.124. The molecule has 0 saturated heterocycles. The minimum Gasteiger partial charge on any atom is -0.492 e. The number of anilines is 1. The maximum Gasteiger partial charge on any atom is 0.339 e. The molecule has 0 aliphatic carbocycles. The van der Waals surface area contributed by atoms with Gasteiger partial charge in [0.15, 0.2) is 6.10 Å². The number of rotatable bonds is 8. The van der Waals surface area contributed by atoms with E-state index < -0.39 is 18.0 Å². The Morgan fingerprint density at radius 2 is 1.68 bits per heavy atom. The average molecular weight is 511 g/mol. The number of benzene rings is 4. The number of aromatic nitrogens is 1. The average Bonchev–Trinajstić information content (AvgIpc) is 3.36. The van der Waals surface area contributed by atoms with Crippen molar-refractivity contribution in [3.05, 3.63) is 90.5 Å². The zero-order valence-corrected chi connectivity index (χ0v) is 21.4. The van der Waals surface area contributed by atoms with Gasteiger partial charge in [0.2, 0.25) is 0 Å². The second kappa shape index (κ2) is 10.8. The number of amides is 1. The second-order valence-electron chi connectivity index (χ2n) is 8.42. The lowest BCUT2D eigenvalue weighted by Gasteiger charge is -2.18. The highest BCUT2D eigenvalue weighted by atomic mass is 32.1. The van der Waals surface area contributed by atoms with Gasteiger partial charge < -0.3 is 14.8 Å². The summed E-state index contributed by atoms with van der Waals surface area (Å²) >= 11 is 1.58. The summed E-state index contributed by atoms with van der Waals surface area (Å²) in [5, 5.41) is 5.32. The van der Waals surface area contributed by atoms with Gasteiger partial charge in [-0.25, -0.2) is 9.78 Å². The Morgan fingerprint density at radius 3 is 2.46 bits per heavy atom. The highest BCUT2D eigenvalue weighted by Crippen LogP contribution is 2.36. The van der Waals surface area contributed by atoms with Crippen molar-refractivity contribution >= 4 is 49.9 Å². The molecule has 0 saturated carbocycles. The first-order chi connectivity index (χ1) is 18.1. The van der Waals surface area contributed by atoms with Crippen LogP contribution in [0.25, 0.3) is 31.6 Å². The van der Waals surface area contributed by atoms with Crippen molar-refractivity contribution < 1.29 is 19.1 Å². The number of esters is 1. The Bertz CT molecular complexity index is 1560. The maximum atomic E-state index is 13.5. The zero-order valence-electron chi connectivity index (χ0n) is 20.6. The molecular weight excluding hydrogens is 484 g/mol. The monoisotopic (exact) mass is 510 g/mol. The van der Waals surface area contributed by atoms with Crippen LogP contribution in [0.2, 0.25) is 0 Å². The number of hydrogen-bond acceptors (Lipinski definition) is 6.